The fourth-order valence-corrected chi connectivity index (χ4v) is 1.78. The fraction of sp³-hybridized carbons (Fsp3) is 0.455. The molecule has 1 aliphatic heterocycles. The average Bonchev–Trinajstić information content (AvgIpc) is 2.67. The first-order valence-electron chi connectivity index (χ1n) is 5.58. The number of anilines is 1. The third-order valence-electron chi connectivity index (χ3n) is 2.70. The molecule has 1 fully saturated rings. The Morgan fingerprint density at radius 2 is 2.35 bits per heavy atom. The lowest BCUT2D eigenvalue weighted by Crippen LogP contribution is -2.27. The van der Waals surface area contributed by atoms with Crippen LogP contribution < -0.4 is 10.6 Å². The van der Waals surface area contributed by atoms with Crippen molar-refractivity contribution in [2.45, 2.75) is 6.42 Å². The molecule has 0 aliphatic carbocycles. The number of rotatable bonds is 2. The standard InChI is InChI=1S/C11H16N4O2/c12-11(14-16)9-2-3-13-10(8-9)15-4-1-6-17-7-5-15/h2-3,8,16H,1,4-7H2,(H2,12,14). The van der Waals surface area contributed by atoms with Crippen molar-refractivity contribution in [3.63, 3.8) is 0 Å². The molecule has 6 nitrogen and oxygen atoms in total. The van der Waals surface area contributed by atoms with E-state index in [0.29, 0.717) is 12.2 Å². The van der Waals surface area contributed by atoms with Crippen molar-refractivity contribution in [2.24, 2.45) is 10.9 Å². The van der Waals surface area contributed by atoms with Crippen LogP contribution in [0, 0.1) is 0 Å². The predicted molar refractivity (Wildman–Crippen MR) is 64.4 cm³/mol. The molecule has 6 heteroatoms. The second kappa shape index (κ2) is 5.49. The summed E-state index contributed by atoms with van der Waals surface area (Å²) in [5.41, 5.74) is 6.22. The molecule has 17 heavy (non-hydrogen) atoms. The van der Waals surface area contributed by atoms with Gasteiger partial charge in [-0.15, -0.1) is 0 Å². The van der Waals surface area contributed by atoms with E-state index in [1.54, 1.807) is 12.3 Å². The lowest BCUT2D eigenvalue weighted by molar-refractivity contribution is 0.152. The molecule has 2 heterocycles. The van der Waals surface area contributed by atoms with Crippen LogP contribution in [0.4, 0.5) is 5.82 Å². The second-order valence-electron chi connectivity index (χ2n) is 3.84. The highest BCUT2D eigenvalue weighted by molar-refractivity contribution is 5.97. The molecule has 1 saturated heterocycles. The Bertz CT molecular complexity index is 400. The molecule has 2 rings (SSSR count). The number of amidine groups is 1. The molecule has 0 amide bonds. The summed E-state index contributed by atoms with van der Waals surface area (Å²) in [6.07, 6.45) is 2.64. The fourth-order valence-electron chi connectivity index (χ4n) is 1.78. The van der Waals surface area contributed by atoms with Crippen LogP contribution in [0.1, 0.15) is 12.0 Å². The molecule has 0 atom stereocenters. The molecule has 1 aromatic rings. The van der Waals surface area contributed by atoms with Gasteiger partial charge in [-0.05, 0) is 18.6 Å². The smallest absolute Gasteiger partial charge is 0.170 e. The van der Waals surface area contributed by atoms with Gasteiger partial charge in [-0.3, -0.25) is 0 Å². The molecule has 0 radical (unpaired) electrons. The minimum Gasteiger partial charge on any atom is -0.409 e. The lowest BCUT2D eigenvalue weighted by Gasteiger charge is -2.20. The maximum absolute atomic E-state index is 8.64. The predicted octanol–water partition coefficient (Wildman–Crippen LogP) is 0.403. The molecule has 3 N–H and O–H groups in total. The normalized spacial score (nSPS) is 17.9. The highest BCUT2D eigenvalue weighted by Gasteiger charge is 2.12. The third kappa shape index (κ3) is 2.85. The van der Waals surface area contributed by atoms with E-state index in [9.17, 15) is 0 Å². The van der Waals surface area contributed by atoms with Crippen LogP contribution in [0.15, 0.2) is 23.5 Å². The number of nitrogens with two attached hydrogens (primary N) is 1. The van der Waals surface area contributed by atoms with E-state index >= 15 is 0 Å². The zero-order chi connectivity index (χ0) is 12.1. The monoisotopic (exact) mass is 236 g/mol. The van der Waals surface area contributed by atoms with E-state index in [-0.39, 0.29) is 5.84 Å². The van der Waals surface area contributed by atoms with Crippen LogP contribution in [0.3, 0.4) is 0 Å². The Labute approximate surface area is 99.7 Å². The molecular weight excluding hydrogens is 220 g/mol. The summed E-state index contributed by atoms with van der Waals surface area (Å²) in [5.74, 6) is 0.930. The largest absolute Gasteiger partial charge is 0.409 e. The SMILES string of the molecule is NC(=NO)c1ccnc(N2CCCOCC2)c1. The van der Waals surface area contributed by atoms with E-state index in [1.165, 1.54) is 0 Å². The molecule has 92 valence electrons. The van der Waals surface area contributed by atoms with Crippen molar-refractivity contribution in [3.05, 3.63) is 23.9 Å². The first-order valence-corrected chi connectivity index (χ1v) is 5.58. The van der Waals surface area contributed by atoms with Crippen molar-refractivity contribution < 1.29 is 9.94 Å². The van der Waals surface area contributed by atoms with E-state index in [0.717, 1.165) is 31.9 Å². The van der Waals surface area contributed by atoms with Crippen molar-refractivity contribution in [1.82, 2.24) is 4.98 Å². The van der Waals surface area contributed by atoms with E-state index in [4.69, 9.17) is 15.7 Å². The molecule has 1 aliphatic rings. The molecule has 1 aromatic heterocycles. The summed E-state index contributed by atoms with van der Waals surface area (Å²) in [6.45, 7) is 3.21. The molecular formula is C11H16N4O2. The zero-order valence-electron chi connectivity index (χ0n) is 9.54. The van der Waals surface area contributed by atoms with Gasteiger partial charge in [0.2, 0.25) is 0 Å². The maximum atomic E-state index is 8.64. The van der Waals surface area contributed by atoms with Crippen LogP contribution in [0.25, 0.3) is 0 Å². The quantitative estimate of drug-likeness (QED) is 0.336. The third-order valence-corrected chi connectivity index (χ3v) is 2.70. The summed E-state index contributed by atoms with van der Waals surface area (Å²) in [7, 11) is 0. The minimum absolute atomic E-state index is 0.0970. The van der Waals surface area contributed by atoms with Crippen molar-refractivity contribution in [3.8, 4) is 0 Å². The summed E-state index contributed by atoms with van der Waals surface area (Å²) < 4.78 is 5.39. The van der Waals surface area contributed by atoms with Crippen LogP contribution in [0.5, 0.6) is 0 Å². The Balaban J connectivity index is 2.19. The highest BCUT2D eigenvalue weighted by atomic mass is 16.5. The van der Waals surface area contributed by atoms with Gasteiger partial charge in [0.15, 0.2) is 5.84 Å². The van der Waals surface area contributed by atoms with Crippen molar-refractivity contribution >= 4 is 11.7 Å². The second-order valence-corrected chi connectivity index (χ2v) is 3.84. The van der Waals surface area contributed by atoms with Crippen LogP contribution in [-0.4, -0.2) is 42.3 Å². The molecule has 0 bridgehead atoms. The van der Waals surface area contributed by atoms with Gasteiger partial charge in [0.25, 0.3) is 0 Å². The van der Waals surface area contributed by atoms with Crippen molar-refractivity contribution in [2.75, 3.05) is 31.2 Å². The summed E-state index contributed by atoms with van der Waals surface area (Å²) in [5, 5.41) is 11.6. The van der Waals surface area contributed by atoms with Crippen molar-refractivity contribution in [1.29, 1.82) is 0 Å². The lowest BCUT2D eigenvalue weighted by atomic mass is 10.2. The van der Waals surface area contributed by atoms with Gasteiger partial charge in [-0.25, -0.2) is 4.98 Å². The van der Waals surface area contributed by atoms with E-state index < -0.39 is 0 Å². The van der Waals surface area contributed by atoms with E-state index in [2.05, 4.69) is 15.0 Å². The highest BCUT2D eigenvalue weighted by Crippen LogP contribution is 2.14. The Morgan fingerprint density at radius 3 is 3.18 bits per heavy atom. The number of nitrogens with zero attached hydrogens (tertiary/aromatic N) is 3. The van der Waals surface area contributed by atoms with Gasteiger partial charge >= 0.3 is 0 Å². The number of hydrogen-bond acceptors (Lipinski definition) is 5. The number of pyridine rings is 1. The number of oxime groups is 1. The van der Waals surface area contributed by atoms with Gasteiger partial charge in [0.05, 0.1) is 6.61 Å². The minimum atomic E-state index is 0.0970. The molecule has 0 saturated carbocycles. The van der Waals surface area contributed by atoms with Gasteiger partial charge < -0.3 is 20.6 Å². The number of aromatic nitrogens is 1. The van der Waals surface area contributed by atoms with Crippen LogP contribution in [0.2, 0.25) is 0 Å². The summed E-state index contributed by atoms with van der Waals surface area (Å²) >= 11 is 0. The summed E-state index contributed by atoms with van der Waals surface area (Å²) in [4.78, 5) is 6.44. The number of hydrogen-bond donors (Lipinski definition) is 2. The van der Waals surface area contributed by atoms with Gasteiger partial charge in [-0.1, -0.05) is 5.16 Å². The Hall–Kier alpha value is -1.82. The average molecular weight is 236 g/mol. The topological polar surface area (TPSA) is 84.0 Å². The van der Waals surface area contributed by atoms with Gasteiger partial charge in [0, 0.05) is 31.5 Å². The first-order chi connectivity index (χ1) is 8.31. The van der Waals surface area contributed by atoms with Crippen LogP contribution in [-0.2, 0) is 4.74 Å². The van der Waals surface area contributed by atoms with E-state index in [1.807, 2.05) is 6.07 Å². The van der Waals surface area contributed by atoms with Gasteiger partial charge in [0.1, 0.15) is 5.82 Å². The van der Waals surface area contributed by atoms with Crippen LogP contribution >= 0.6 is 0 Å². The zero-order valence-corrected chi connectivity index (χ0v) is 9.54. The molecule has 0 spiro atoms. The first kappa shape index (κ1) is 11.7. The molecule has 0 unspecified atom stereocenters. The van der Waals surface area contributed by atoms with Gasteiger partial charge in [-0.2, -0.15) is 0 Å². The molecule has 0 aromatic carbocycles. The number of ether oxygens (including phenoxy) is 1. The maximum Gasteiger partial charge on any atom is 0.170 e. The Kier molecular flexibility index (Phi) is 3.77. The Morgan fingerprint density at radius 1 is 1.47 bits per heavy atom. The summed E-state index contributed by atoms with van der Waals surface area (Å²) in [6, 6.07) is 3.53.